The summed E-state index contributed by atoms with van der Waals surface area (Å²) in [5, 5.41) is 6.26. The fourth-order valence-electron chi connectivity index (χ4n) is 5.30. The van der Waals surface area contributed by atoms with Gasteiger partial charge in [-0.25, -0.2) is 4.98 Å². The van der Waals surface area contributed by atoms with E-state index in [1.165, 1.54) is 32.1 Å². The minimum atomic E-state index is -0.00268. The largest absolute Gasteiger partial charge is 0.349 e. The lowest BCUT2D eigenvalue weighted by Gasteiger charge is -2.22. The maximum Gasteiger partial charge on any atom is 0.251 e. The van der Waals surface area contributed by atoms with Crippen molar-refractivity contribution >= 4 is 28.5 Å². The number of aromatic amines is 1. The molecule has 2 fully saturated rings. The Morgan fingerprint density at radius 1 is 0.824 bits per heavy atom. The van der Waals surface area contributed by atoms with Gasteiger partial charge in [0.2, 0.25) is 5.91 Å². The highest BCUT2D eigenvalue weighted by Crippen LogP contribution is 2.27. The number of nitrogens with one attached hydrogen (secondary N) is 3. The van der Waals surface area contributed by atoms with Gasteiger partial charge in [-0.05, 0) is 56.0 Å². The molecule has 1 heterocycles. The number of rotatable bonds is 5. The molecule has 6 heteroatoms. The van der Waals surface area contributed by atoms with E-state index in [2.05, 4.69) is 15.6 Å². The van der Waals surface area contributed by atoms with Crippen LogP contribution in [0.3, 0.4) is 0 Å². The first kappa shape index (κ1) is 22.6. The fourth-order valence-corrected chi connectivity index (χ4v) is 5.30. The number of aromatic nitrogens is 2. The molecule has 6 nitrogen and oxygen atoms in total. The normalized spacial score (nSPS) is 17.9. The van der Waals surface area contributed by atoms with Crippen LogP contribution in [-0.2, 0) is 4.79 Å². The second kappa shape index (κ2) is 10.4. The monoisotopic (exact) mass is 458 g/mol. The Hall–Kier alpha value is -3.15. The molecule has 2 aromatic carbocycles. The third-order valence-corrected chi connectivity index (χ3v) is 7.34. The molecule has 34 heavy (non-hydrogen) atoms. The van der Waals surface area contributed by atoms with Gasteiger partial charge in [0, 0.05) is 28.8 Å². The molecule has 0 bridgehead atoms. The highest BCUT2D eigenvalue weighted by atomic mass is 16.2. The van der Waals surface area contributed by atoms with E-state index in [-0.39, 0.29) is 17.7 Å². The van der Waals surface area contributed by atoms with Crippen LogP contribution < -0.4 is 10.6 Å². The van der Waals surface area contributed by atoms with E-state index in [0.29, 0.717) is 11.6 Å². The van der Waals surface area contributed by atoms with E-state index in [1.807, 2.05) is 42.5 Å². The number of carbonyl (C=O) groups is 2. The number of carbonyl (C=O) groups excluding carboxylic acids is 2. The van der Waals surface area contributed by atoms with E-state index in [0.717, 1.165) is 66.6 Å². The Morgan fingerprint density at radius 2 is 1.50 bits per heavy atom. The summed E-state index contributed by atoms with van der Waals surface area (Å²) in [6.45, 7) is 0. The number of nitrogens with zero attached hydrogens (tertiary/aromatic N) is 1. The minimum absolute atomic E-state index is 0.00268. The van der Waals surface area contributed by atoms with Crippen LogP contribution >= 0.6 is 0 Å². The SMILES string of the molecule is O=C(NC1CCCCC1)c1ccc(-c2nc3cc(NC(=O)C4CCCCCC4)ccc3[nH]2)cc1. The van der Waals surface area contributed by atoms with Crippen molar-refractivity contribution in [1.29, 1.82) is 0 Å². The summed E-state index contributed by atoms with van der Waals surface area (Å²) in [6, 6.07) is 13.7. The number of hydrogen-bond donors (Lipinski definition) is 3. The highest BCUT2D eigenvalue weighted by molar-refractivity contribution is 5.96. The Labute approximate surface area is 200 Å². The molecule has 3 N–H and O–H groups in total. The summed E-state index contributed by atoms with van der Waals surface area (Å²) in [7, 11) is 0. The average molecular weight is 459 g/mol. The number of hydrogen-bond acceptors (Lipinski definition) is 3. The molecule has 2 aliphatic carbocycles. The van der Waals surface area contributed by atoms with Gasteiger partial charge in [-0.2, -0.15) is 0 Å². The first-order chi connectivity index (χ1) is 16.7. The Bertz CT molecular complexity index is 1140. The maximum atomic E-state index is 12.7. The van der Waals surface area contributed by atoms with Gasteiger partial charge in [0.15, 0.2) is 0 Å². The molecule has 3 aromatic rings. The van der Waals surface area contributed by atoms with Crippen molar-refractivity contribution in [3.8, 4) is 11.4 Å². The molecule has 0 unspecified atom stereocenters. The van der Waals surface area contributed by atoms with E-state index in [1.54, 1.807) is 0 Å². The second-order valence-electron chi connectivity index (χ2n) is 9.88. The van der Waals surface area contributed by atoms with Crippen molar-refractivity contribution in [1.82, 2.24) is 15.3 Å². The second-order valence-corrected chi connectivity index (χ2v) is 9.88. The van der Waals surface area contributed by atoms with Crippen LogP contribution in [0.5, 0.6) is 0 Å². The van der Waals surface area contributed by atoms with Gasteiger partial charge in [-0.15, -0.1) is 0 Å². The minimum Gasteiger partial charge on any atom is -0.349 e. The number of anilines is 1. The highest BCUT2D eigenvalue weighted by Gasteiger charge is 2.20. The smallest absolute Gasteiger partial charge is 0.251 e. The van der Waals surface area contributed by atoms with Crippen LogP contribution in [-0.4, -0.2) is 27.8 Å². The Balaban J connectivity index is 1.25. The lowest BCUT2D eigenvalue weighted by Crippen LogP contribution is -2.36. The quantitative estimate of drug-likeness (QED) is 0.398. The number of H-pyrrole nitrogens is 1. The molecule has 2 aliphatic rings. The van der Waals surface area contributed by atoms with Crippen molar-refractivity contribution in [2.75, 3.05) is 5.32 Å². The molecule has 0 radical (unpaired) electrons. The summed E-state index contributed by atoms with van der Waals surface area (Å²) in [5.74, 6) is 0.986. The molecule has 1 aromatic heterocycles. The molecule has 0 aliphatic heterocycles. The number of amides is 2. The average Bonchev–Trinajstić information content (AvgIpc) is 3.09. The van der Waals surface area contributed by atoms with Gasteiger partial charge in [-0.3, -0.25) is 9.59 Å². The molecular formula is C28H34N4O2. The molecule has 2 amide bonds. The van der Waals surface area contributed by atoms with Crippen molar-refractivity contribution in [2.24, 2.45) is 5.92 Å². The van der Waals surface area contributed by atoms with Crippen LogP contribution in [0, 0.1) is 5.92 Å². The molecule has 0 atom stereocenters. The van der Waals surface area contributed by atoms with Crippen molar-refractivity contribution in [2.45, 2.75) is 76.7 Å². The van der Waals surface area contributed by atoms with Gasteiger partial charge in [-0.1, -0.05) is 57.1 Å². The first-order valence-corrected chi connectivity index (χ1v) is 12.9. The standard InChI is InChI=1S/C28H34N4O2/c33-27(20-8-4-1-2-5-9-20)30-23-16-17-24-25(18-23)32-26(31-24)19-12-14-21(15-13-19)28(34)29-22-10-6-3-7-11-22/h12-18,20,22H,1-11H2,(H,29,34)(H,30,33)(H,31,32). The van der Waals surface area contributed by atoms with Gasteiger partial charge >= 0.3 is 0 Å². The third-order valence-electron chi connectivity index (χ3n) is 7.34. The summed E-state index contributed by atoms with van der Waals surface area (Å²) < 4.78 is 0. The topological polar surface area (TPSA) is 86.9 Å². The van der Waals surface area contributed by atoms with Gasteiger partial charge in [0.1, 0.15) is 5.82 Å². The predicted octanol–water partition coefficient (Wildman–Crippen LogP) is 6.20. The van der Waals surface area contributed by atoms with Crippen LogP contribution in [0.25, 0.3) is 22.4 Å². The number of benzene rings is 2. The Kier molecular flexibility index (Phi) is 6.93. The number of imidazole rings is 1. The zero-order chi connectivity index (χ0) is 23.3. The summed E-state index contributed by atoms with van der Waals surface area (Å²) >= 11 is 0. The molecule has 5 rings (SSSR count). The number of fused-ring (bicyclic) bond motifs is 1. The summed E-state index contributed by atoms with van der Waals surface area (Å²) in [5.41, 5.74) is 4.12. The maximum absolute atomic E-state index is 12.7. The van der Waals surface area contributed by atoms with Gasteiger partial charge < -0.3 is 15.6 Å². The van der Waals surface area contributed by atoms with E-state index < -0.39 is 0 Å². The van der Waals surface area contributed by atoms with Gasteiger partial charge in [0.05, 0.1) is 11.0 Å². The summed E-state index contributed by atoms with van der Waals surface area (Å²) in [4.78, 5) is 33.4. The zero-order valence-electron chi connectivity index (χ0n) is 19.7. The van der Waals surface area contributed by atoms with Crippen molar-refractivity contribution in [3.05, 3.63) is 48.0 Å². The van der Waals surface area contributed by atoms with E-state index in [9.17, 15) is 9.59 Å². The molecule has 0 saturated heterocycles. The Morgan fingerprint density at radius 3 is 2.24 bits per heavy atom. The van der Waals surface area contributed by atoms with Crippen molar-refractivity contribution < 1.29 is 9.59 Å². The lowest BCUT2D eigenvalue weighted by molar-refractivity contribution is -0.120. The zero-order valence-corrected chi connectivity index (χ0v) is 19.7. The fraction of sp³-hybridized carbons (Fsp3) is 0.464. The van der Waals surface area contributed by atoms with Crippen LogP contribution in [0.15, 0.2) is 42.5 Å². The first-order valence-electron chi connectivity index (χ1n) is 12.9. The third kappa shape index (κ3) is 5.32. The predicted molar refractivity (Wildman–Crippen MR) is 136 cm³/mol. The van der Waals surface area contributed by atoms with E-state index in [4.69, 9.17) is 4.98 Å². The summed E-state index contributed by atoms with van der Waals surface area (Å²) in [6.07, 6.45) is 12.5. The van der Waals surface area contributed by atoms with E-state index >= 15 is 0 Å². The van der Waals surface area contributed by atoms with Gasteiger partial charge in [0.25, 0.3) is 5.91 Å². The van der Waals surface area contributed by atoms with Crippen LogP contribution in [0.2, 0.25) is 0 Å². The van der Waals surface area contributed by atoms with Crippen LogP contribution in [0.4, 0.5) is 5.69 Å². The molecular weight excluding hydrogens is 424 g/mol. The molecule has 0 spiro atoms. The molecule has 178 valence electrons. The molecule has 2 saturated carbocycles. The van der Waals surface area contributed by atoms with Crippen molar-refractivity contribution in [3.63, 3.8) is 0 Å². The van der Waals surface area contributed by atoms with Crippen LogP contribution in [0.1, 0.15) is 81.0 Å². The lowest BCUT2D eigenvalue weighted by atomic mass is 9.95.